The fourth-order valence-electron chi connectivity index (χ4n) is 3.08. The largest absolute Gasteiger partial charge is 0.493 e. The first-order chi connectivity index (χ1) is 10.7. The van der Waals surface area contributed by atoms with Gasteiger partial charge in [0.2, 0.25) is 0 Å². The molecule has 2 N–H and O–H groups in total. The number of benzene rings is 1. The second kappa shape index (κ2) is 6.50. The first-order valence-electron chi connectivity index (χ1n) is 7.79. The van der Waals surface area contributed by atoms with Gasteiger partial charge in [-0.3, -0.25) is 4.68 Å². The highest BCUT2D eigenvalue weighted by Gasteiger charge is 2.21. The van der Waals surface area contributed by atoms with E-state index in [1.54, 1.807) is 0 Å². The Balaban J connectivity index is 1.74. The molecule has 0 saturated heterocycles. The summed E-state index contributed by atoms with van der Waals surface area (Å²) in [5, 5.41) is 17.2. The minimum Gasteiger partial charge on any atom is -0.493 e. The minimum atomic E-state index is 0.113. The Bertz CT molecular complexity index is 651. The molecule has 1 aromatic heterocycles. The quantitative estimate of drug-likeness (QED) is 0.888. The fraction of sp³-hybridized carbons (Fsp3) is 0.471. The molecule has 1 aliphatic heterocycles. The number of aromatic nitrogens is 2. The molecule has 0 bridgehead atoms. The van der Waals surface area contributed by atoms with Crippen LogP contribution in [0.25, 0.3) is 0 Å². The van der Waals surface area contributed by atoms with E-state index in [1.165, 1.54) is 11.1 Å². The number of aliphatic hydroxyl groups is 1. The summed E-state index contributed by atoms with van der Waals surface area (Å²) >= 11 is 0. The number of aliphatic hydroxyl groups excluding tert-OH is 1. The van der Waals surface area contributed by atoms with E-state index in [4.69, 9.17) is 9.84 Å². The lowest BCUT2D eigenvalue weighted by atomic mass is 10.00. The molecule has 0 saturated carbocycles. The number of rotatable bonds is 5. The Morgan fingerprint density at radius 2 is 2.18 bits per heavy atom. The average Bonchev–Trinajstić information content (AvgIpc) is 2.80. The van der Waals surface area contributed by atoms with Crippen LogP contribution in [-0.2, 0) is 13.1 Å². The second-order valence-electron chi connectivity index (χ2n) is 5.70. The summed E-state index contributed by atoms with van der Waals surface area (Å²) in [6, 6.07) is 8.52. The second-order valence-corrected chi connectivity index (χ2v) is 5.70. The molecule has 118 valence electrons. The Kier molecular flexibility index (Phi) is 4.45. The van der Waals surface area contributed by atoms with Gasteiger partial charge in [0.05, 0.1) is 25.5 Å². The van der Waals surface area contributed by atoms with Gasteiger partial charge in [-0.05, 0) is 19.9 Å². The van der Waals surface area contributed by atoms with Crippen LogP contribution < -0.4 is 10.1 Å². The zero-order valence-electron chi connectivity index (χ0n) is 13.2. The first-order valence-corrected chi connectivity index (χ1v) is 7.79. The van der Waals surface area contributed by atoms with E-state index in [1.807, 2.05) is 23.7 Å². The smallest absolute Gasteiger partial charge is 0.124 e. The van der Waals surface area contributed by atoms with Crippen LogP contribution in [0.4, 0.5) is 0 Å². The van der Waals surface area contributed by atoms with Gasteiger partial charge in [0.15, 0.2) is 0 Å². The van der Waals surface area contributed by atoms with Gasteiger partial charge < -0.3 is 15.2 Å². The van der Waals surface area contributed by atoms with E-state index in [9.17, 15) is 0 Å². The van der Waals surface area contributed by atoms with Gasteiger partial charge in [-0.2, -0.15) is 5.10 Å². The van der Waals surface area contributed by atoms with Crippen molar-refractivity contribution < 1.29 is 9.84 Å². The van der Waals surface area contributed by atoms with Crippen LogP contribution in [0.15, 0.2) is 24.3 Å². The lowest BCUT2D eigenvalue weighted by Crippen LogP contribution is -2.27. The maximum atomic E-state index is 9.10. The predicted molar refractivity (Wildman–Crippen MR) is 84.9 cm³/mol. The number of nitrogens with one attached hydrogen (secondary N) is 1. The van der Waals surface area contributed by atoms with Gasteiger partial charge >= 0.3 is 0 Å². The van der Waals surface area contributed by atoms with Crippen molar-refractivity contribution in [3.63, 3.8) is 0 Å². The molecule has 0 spiro atoms. The average molecular weight is 301 g/mol. The van der Waals surface area contributed by atoms with Gasteiger partial charge in [0, 0.05) is 35.8 Å². The van der Waals surface area contributed by atoms with Crippen LogP contribution >= 0.6 is 0 Å². The molecule has 0 radical (unpaired) electrons. The number of nitrogens with zero attached hydrogens (tertiary/aromatic N) is 2. The molecule has 0 amide bonds. The molecule has 1 aromatic carbocycles. The summed E-state index contributed by atoms with van der Waals surface area (Å²) in [6.07, 6.45) is 0.972. The summed E-state index contributed by atoms with van der Waals surface area (Å²) in [4.78, 5) is 0. The maximum absolute atomic E-state index is 9.10. The molecular formula is C17H23N3O2. The van der Waals surface area contributed by atoms with E-state index in [0.717, 1.165) is 36.7 Å². The van der Waals surface area contributed by atoms with Crippen LogP contribution in [-0.4, -0.2) is 28.1 Å². The maximum Gasteiger partial charge on any atom is 0.124 e. The minimum absolute atomic E-state index is 0.113. The summed E-state index contributed by atoms with van der Waals surface area (Å²) in [6.45, 7) is 6.27. The van der Waals surface area contributed by atoms with Gasteiger partial charge in [-0.15, -0.1) is 0 Å². The van der Waals surface area contributed by atoms with Gasteiger partial charge in [-0.25, -0.2) is 0 Å². The summed E-state index contributed by atoms with van der Waals surface area (Å²) < 4.78 is 7.58. The molecule has 5 nitrogen and oxygen atoms in total. The van der Waals surface area contributed by atoms with E-state index in [2.05, 4.69) is 29.5 Å². The van der Waals surface area contributed by atoms with Crippen LogP contribution in [0.2, 0.25) is 0 Å². The van der Waals surface area contributed by atoms with Gasteiger partial charge in [-0.1, -0.05) is 18.2 Å². The summed E-state index contributed by atoms with van der Waals surface area (Å²) in [5.41, 5.74) is 4.60. The molecule has 22 heavy (non-hydrogen) atoms. The highest BCUT2D eigenvalue weighted by Crippen LogP contribution is 2.31. The fourth-order valence-corrected chi connectivity index (χ4v) is 3.08. The molecule has 0 aliphatic carbocycles. The van der Waals surface area contributed by atoms with Gasteiger partial charge in [0.25, 0.3) is 0 Å². The normalized spacial score (nSPS) is 17.1. The molecule has 2 aromatic rings. The van der Waals surface area contributed by atoms with Crippen LogP contribution in [0.5, 0.6) is 5.75 Å². The number of para-hydroxylation sites is 1. The van der Waals surface area contributed by atoms with Crippen molar-refractivity contribution >= 4 is 0 Å². The molecule has 0 unspecified atom stereocenters. The van der Waals surface area contributed by atoms with E-state index in [-0.39, 0.29) is 6.61 Å². The van der Waals surface area contributed by atoms with Crippen LogP contribution in [0.3, 0.4) is 0 Å². The monoisotopic (exact) mass is 301 g/mol. The van der Waals surface area contributed by atoms with E-state index >= 15 is 0 Å². The lowest BCUT2D eigenvalue weighted by Gasteiger charge is -2.26. The molecular weight excluding hydrogens is 278 g/mol. The molecule has 2 heterocycles. The summed E-state index contributed by atoms with van der Waals surface area (Å²) in [7, 11) is 0. The molecule has 1 aliphatic rings. The SMILES string of the molecule is Cc1nn(CCO)c(C)c1CN[C@@H]1CCOc2ccccc21. The molecule has 5 heteroatoms. The van der Waals surface area contributed by atoms with Crippen molar-refractivity contribution in [3.05, 3.63) is 46.8 Å². The third kappa shape index (κ3) is 2.87. The highest BCUT2D eigenvalue weighted by atomic mass is 16.5. The zero-order chi connectivity index (χ0) is 15.5. The van der Waals surface area contributed by atoms with Crippen molar-refractivity contribution in [2.45, 2.75) is 39.4 Å². The number of hydrogen-bond donors (Lipinski definition) is 2. The lowest BCUT2D eigenvalue weighted by molar-refractivity contribution is 0.252. The Hall–Kier alpha value is -1.85. The Morgan fingerprint density at radius 1 is 1.36 bits per heavy atom. The zero-order valence-corrected chi connectivity index (χ0v) is 13.2. The number of fused-ring (bicyclic) bond motifs is 1. The molecule has 1 atom stereocenters. The third-order valence-electron chi connectivity index (χ3n) is 4.33. The molecule has 0 fully saturated rings. The van der Waals surface area contributed by atoms with Crippen molar-refractivity contribution in [2.24, 2.45) is 0 Å². The third-order valence-corrected chi connectivity index (χ3v) is 4.33. The van der Waals surface area contributed by atoms with E-state index in [0.29, 0.717) is 12.6 Å². The standard InChI is InChI=1S/C17H23N3O2/c1-12-15(13(2)20(19-12)8-9-21)11-18-16-7-10-22-17-6-4-3-5-14(16)17/h3-6,16,18,21H,7-11H2,1-2H3/t16-/m1/s1. The topological polar surface area (TPSA) is 59.3 Å². The molecule has 3 rings (SSSR count). The number of aryl methyl sites for hydroxylation is 1. The van der Waals surface area contributed by atoms with Crippen LogP contribution in [0, 0.1) is 13.8 Å². The predicted octanol–water partition coefficient (Wildman–Crippen LogP) is 2.11. The van der Waals surface area contributed by atoms with Crippen molar-refractivity contribution in [2.75, 3.05) is 13.2 Å². The Labute approximate surface area is 130 Å². The van der Waals surface area contributed by atoms with E-state index < -0.39 is 0 Å². The Morgan fingerprint density at radius 3 is 3.00 bits per heavy atom. The number of hydrogen-bond acceptors (Lipinski definition) is 4. The van der Waals surface area contributed by atoms with Crippen LogP contribution in [0.1, 0.15) is 35.0 Å². The number of ether oxygens (including phenoxy) is 1. The first kappa shape index (κ1) is 15.1. The van der Waals surface area contributed by atoms with Crippen molar-refractivity contribution in [1.29, 1.82) is 0 Å². The van der Waals surface area contributed by atoms with Crippen molar-refractivity contribution in [1.82, 2.24) is 15.1 Å². The van der Waals surface area contributed by atoms with Crippen molar-refractivity contribution in [3.8, 4) is 5.75 Å². The van der Waals surface area contributed by atoms with Gasteiger partial charge in [0.1, 0.15) is 5.75 Å². The highest BCUT2D eigenvalue weighted by molar-refractivity contribution is 5.37. The summed E-state index contributed by atoms with van der Waals surface area (Å²) in [5.74, 6) is 0.982.